The van der Waals surface area contributed by atoms with Crippen LogP contribution in [0.5, 0.6) is 5.75 Å². The fraction of sp³-hybridized carbons (Fsp3) is 0.308. The summed E-state index contributed by atoms with van der Waals surface area (Å²) in [6.07, 6.45) is 1.45. The van der Waals surface area contributed by atoms with Gasteiger partial charge in [-0.1, -0.05) is 17.7 Å². The van der Waals surface area contributed by atoms with E-state index in [1.165, 1.54) is 11.3 Å². The van der Waals surface area contributed by atoms with Gasteiger partial charge in [0.05, 0.1) is 11.6 Å². The lowest BCUT2D eigenvalue weighted by molar-refractivity contribution is 0.0484. The number of thiazole rings is 1. The predicted molar refractivity (Wildman–Crippen MR) is 73.4 cm³/mol. The molecule has 18 heavy (non-hydrogen) atoms. The van der Waals surface area contributed by atoms with E-state index >= 15 is 0 Å². The second-order valence-electron chi connectivity index (χ2n) is 4.02. The maximum absolute atomic E-state index is 10.0. The molecule has 0 amide bonds. The van der Waals surface area contributed by atoms with Gasteiger partial charge in [-0.15, -0.1) is 11.3 Å². The number of benzene rings is 1. The minimum atomic E-state index is -0.565. The van der Waals surface area contributed by atoms with E-state index in [0.717, 1.165) is 4.88 Å². The largest absolute Gasteiger partial charge is 0.488 e. The summed E-state index contributed by atoms with van der Waals surface area (Å²) < 4.78 is 5.66. The van der Waals surface area contributed by atoms with Crippen LogP contribution >= 0.6 is 22.9 Å². The number of aromatic nitrogens is 1. The number of ether oxygens (including phenoxy) is 1. The van der Waals surface area contributed by atoms with Crippen molar-refractivity contribution in [3.05, 3.63) is 45.9 Å². The zero-order valence-corrected chi connectivity index (χ0v) is 11.5. The van der Waals surface area contributed by atoms with Gasteiger partial charge >= 0.3 is 0 Å². The van der Waals surface area contributed by atoms with Crippen molar-refractivity contribution in [1.82, 2.24) is 4.98 Å². The number of aliphatic hydroxyl groups is 1. The fourth-order valence-corrected chi connectivity index (χ4v) is 2.37. The van der Waals surface area contributed by atoms with Crippen molar-refractivity contribution in [2.24, 2.45) is 0 Å². The van der Waals surface area contributed by atoms with E-state index in [1.54, 1.807) is 23.8 Å². The van der Waals surface area contributed by atoms with Crippen LogP contribution in [0.25, 0.3) is 0 Å². The molecule has 2 atom stereocenters. The van der Waals surface area contributed by atoms with E-state index in [1.807, 2.05) is 19.1 Å². The molecule has 1 aromatic heterocycles. The molecule has 0 fully saturated rings. The van der Waals surface area contributed by atoms with Crippen LogP contribution in [0.3, 0.4) is 0 Å². The lowest BCUT2D eigenvalue weighted by atomic mass is 10.1. The topological polar surface area (TPSA) is 42.4 Å². The van der Waals surface area contributed by atoms with Crippen LogP contribution in [0.2, 0.25) is 5.02 Å². The van der Waals surface area contributed by atoms with Crippen LogP contribution in [0.15, 0.2) is 36.0 Å². The van der Waals surface area contributed by atoms with Gasteiger partial charge in [0.15, 0.2) is 0 Å². The third kappa shape index (κ3) is 3.70. The zero-order valence-electron chi connectivity index (χ0n) is 9.91. The second kappa shape index (κ2) is 6.18. The molecular formula is C13H14ClNO2S. The molecule has 0 radical (unpaired) electrons. The first-order valence-electron chi connectivity index (χ1n) is 5.63. The molecule has 0 bridgehead atoms. The Balaban J connectivity index is 1.93. The number of hydrogen-bond acceptors (Lipinski definition) is 4. The predicted octanol–water partition coefficient (Wildman–Crippen LogP) is 3.17. The van der Waals surface area contributed by atoms with E-state index < -0.39 is 6.10 Å². The summed E-state index contributed by atoms with van der Waals surface area (Å²) in [4.78, 5) is 5.02. The third-order valence-corrected chi connectivity index (χ3v) is 3.59. The first-order valence-corrected chi connectivity index (χ1v) is 6.88. The quantitative estimate of drug-likeness (QED) is 0.916. The lowest BCUT2D eigenvalue weighted by Gasteiger charge is -2.20. The molecule has 0 aliphatic rings. The van der Waals surface area contributed by atoms with Gasteiger partial charge in [-0.05, 0) is 25.1 Å². The first kappa shape index (κ1) is 13.3. The van der Waals surface area contributed by atoms with Crippen LogP contribution in [-0.2, 0) is 6.42 Å². The Morgan fingerprint density at radius 2 is 2.33 bits per heavy atom. The van der Waals surface area contributed by atoms with Crippen LogP contribution in [0.4, 0.5) is 0 Å². The van der Waals surface area contributed by atoms with Gasteiger partial charge in [0.2, 0.25) is 0 Å². The molecule has 1 aromatic carbocycles. The highest BCUT2D eigenvalue weighted by Gasteiger charge is 2.17. The lowest BCUT2D eigenvalue weighted by Crippen LogP contribution is -2.30. The number of rotatable bonds is 5. The molecule has 1 N–H and O–H groups in total. The van der Waals surface area contributed by atoms with Crippen molar-refractivity contribution in [2.75, 3.05) is 0 Å². The van der Waals surface area contributed by atoms with Gasteiger partial charge in [-0.2, -0.15) is 0 Å². The van der Waals surface area contributed by atoms with Crippen molar-refractivity contribution in [1.29, 1.82) is 0 Å². The molecule has 1 heterocycles. The minimum Gasteiger partial charge on any atom is -0.488 e. The Morgan fingerprint density at radius 3 is 3.00 bits per heavy atom. The van der Waals surface area contributed by atoms with Crippen molar-refractivity contribution in [3.8, 4) is 5.75 Å². The summed E-state index contributed by atoms with van der Waals surface area (Å²) >= 11 is 7.40. The highest BCUT2D eigenvalue weighted by atomic mass is 35.5. The summed E-state index contributed by atoms with van der Waals surface area (Å²) in [6.45, 7) is 1.84. The van der Waals surface area contributed by atoms with Gasteiger partial charge in [-0.25, -0.2) is 0 Å². The maximum Gasteiger partial charge on any atom is 0.122 e. The molecule has 0 spiro atoms. The number of aliphatic hydroxyl groups excluding tert-OH is 1. The third-order valence-electron chi connectivity index (χ3n) is 2.55. The minimum absolute atomic E-state index is 0.300. The number of hydrogen-bond donors (Lipinski definition) is 1. The van der Waals surface area contributed by atoms with Gasteiger partial charge in [-0.3, -0.25) is 4.98 Å². The maximum atomic E-state index is 10.0. The molecule has 96 valence electrons. The van der Waals surface area contributed by atoms with Crippen molar-refractivity contribution in [3.63, 3.8) is 0 Å². The van der Waals surface area contributed by atoms with Crippen molar-refractivity contribution < 1.29 is 9.84 Å². The summed E-state index contributed by atoms with van der Waals surface area (Å²) in [6, 6.07) is 7.16. The molecule has 0 aliphatic carbocycles. The number of nitrogens with zero attached hydrogens (tertiary/aromatic N) is 1. The van der Waals surface area contributed by atoms with E-state index in [9.17, 15) is 5.11 Å². The Hall–Kier alpha value is -1.10. The van der Waals surface area contributed by atoms with Crippen molar-refractivity contribution in [2.45, 2.75) is 25.6 Å². The molecule has 0 saturated carbocycles. The Morgan fingerprint density at radius 1 is 1.50 bits per heavy atom. The molecule has 2 rings (SSSR count). The summed E-state index contributed by atoms with van der Waals surface area (Å²) in [7, 11) is 0. The van der Waals surface area contributed by atoms with Crippen LogP contribution < -0.4 is 4.74 Å². The standard InChI is InChI=1S/C13H14ClNO2S/c1-9(13(16)6-12-7-15-8-18-12)17-11-4-2-3-10(14)5-11/h2-5,7-9,13,16H,6H2,1H3. The molecule has 2 aromatic rings. The fourth-order valence-electron chi connectivity index (χ4n) is 1.55. The Kier molecular flexibility index (Phi) is 4.58. The van der Waals surface area contributed by atoms with E-state index in [0.29, 0.717) is 17.2 Å². The number of halogens is 1. The van der Waals surface area contributed by atoms with Crippen LogP contribution in [-0.4, -0.2) is 22.3 Å². The summed E-state index contributed by atoms with van der Waals surface area (Å²) in [5.74, 6) is 0.665. The van der Waals surface area contributed by atoms with Crippen LogP contribution in [0.1, 0.15) is 11.8 Å². The Bertz CT molecular complexity index is 489. The average molecular weight is 284 g/mol. The molecule has 0 saturated heterocycles. The SMILES string of the molecule is CC(Oc1cccc(Cl)c1)C(O)Cc1cncs1. The Labute approximate surface area is 115 Å². The summed E-state index contributed by atoms with van der Waals surface area (Å²) in [5.41, 5.74) is 1.75. The normalized spacial score (nSPS) is 14.2. The van der Waals surface area contributed by atoms with E-state index in [2.05, 4.69) is 4.98 Å². The average Bonchev–Trinajstić information content (AvgIpc) is 2.81. The first-order chi connectivity index (χ1) is 8.65. The van der Waals surface area contributed by atoms with Gasteiger partial charge in [0.1, 0.15) is 11.9 Å². The molecule has 2 unspecified atom stereocenters. The molecule has 3 nitrogen and oxygen atoms in total. The second-order valence-corrected chi connectivity index (χ2v) is 5.43. The highest BCUT2D eigenvalue weighted by Crippen LogP contribution is 2.20. The molecular weight excluding hydrogens is 270 g/mol. The van der Waals surface area contributed by atoms with Gasteiger partial charge in [0.25, 0.3) is 0 Å². The zero-order chi connectivity index (χ0) is 13.0. The monoisotopic (exact) mass is 283 g/mol. The molecule has 5 heteroatoms. The van der Waals surface area contributed by atoms with Gasteiger partial charge < -0.3 is 9.84 Å². The highest BCUT2D eigenvalue weighted by molar-refractivity contribution is 7.09. The van der Waals surface area contributed by atoms with Gasteiger partial charge in [0, 0.05) is 22.5 Å². The van der Waals surface area contributed by atoms with Crippen molar-refractivity contribution >= 4 is 22.9 Å². The van der Waals surface area contributed by atoms with E-state index in [-0.39, 0.29) is 6.10 Å². The molecule has 0 aliphatic heterocycles. The van der Waals surface area contributed by atoms with Crippen LogP contribution in [0, 0.1) is 0 Å². The summed E-state index contributed by atoms with van der Waals surface area (Å²) in [5, 5.41) is 10.7. The smallest absolute Gasteiger partial charge is 0.122 e. The van der Waals surface area contributed by atoms with E-state index in [4.69, 9.17) is 16.3 Å².